The standard InChI is InChI=1S/C30H28Cl2N2O/c1-3-27(28(32)16-17-31)29-20-34(4-2)30(33-29)15-11-22-10-12-25-19-26(14-13-24(25)18-22)35-21-23-8-6-5-7-9-23/h3,5-16,18-20H,4,17,21H2,1-2H3/b15-11+,27-3+,28-16+. The summed E-state index contributed by atoms with van der Waals surface area (Å²) in [5.74, 6) is 2.10. The Morgan fingerprint density at radius 1 is 1.00 bits per heavy atom. The van der Waals surface area contributed by atoms with Crippen molar-refractivity contribution in [2.75, 3.05) is 5.88 Å². The van der Waals surface area contributed by atoms with E-state index >= 15 is 0 Å². The second kappa shape index (κ2) is 11.9. The highest BCUT2D eigenvalue weighted by molar-refractivity contribution is 6.37. The Kier molecular flexibility index (Phi) is 8.46. The van der Waals surface area contributed by atoms with Gasteiger partial charge < -0.3 is 9.30 Å². The van der Waals surface area contributed by atoms with Crippen LogP contribution in [0.2, 0.25) is 0 Å². The van der Waals surface area contributed by atoms with E-state index in [0.717, 1.165) is 51.3 Å². The van der Waals surface area contributed by atoms with Crippen molar-refractivity contribution < 1.29 is 4.74 Å². The average Bonchev–Trinajstić information content (AvgIpc) is 3.30. The Balaban J connectivity index is 1.52. The number of alkyl halides is 1. The maximum atomic E-state index is 6.41. The number of halogens is 2. The zero-order valence-electron chi connectivity index (χ0n) is 19.9. The third-order valence-electron chi connectivity index (χ3n) is 5.74. The van der Waals surface area contributed by atoms with Gasteiger partial charge in [0.2, 0.25) is 0 Å². The van der Waals surface area contributed by atoms with Crippen LogP contribution in [0.5, 0.6) is 5.75 Å². The number of rotatable bonds is 9. The minimum atomic E-state index is 0.361. The number of fused-ring (bicyclic) bond motifs is 1. The molecule has 0 radical (unpaired) electrons. The van der Waals surface area contributed by atoms with Crippen LogP contribution in [-0.4, -0.2) is 15.4 Å². The van der Waals surface area contributed by atoms with E-state index in [0.29, 0.717) is 17.5 Å². The molecule has 0 aliphatic carbocycles. The maximum absolute atomic E-state index is 6.41. The highest BCUT2D eigenvalue weighted by Gasteiger charge is 2.11. The second-order valence-corrected chi connectivity index (χ2v) is 8.77. The van der Waals surface area contributed by atoms with Gasteiger partial charge >= 0.3 is 0 Å². The Bertz CT molecular complexity index is 1380. The number of aromatic nitrogens is 2. The lowest BCUT2D eigenvalue weighted by Gasteiger charge is -2.08. The van der Waals surface area contributed by atoms with E-state index in [1.165, 1.54) is 0 Å². The van der Waals surface area contributed by atoms with Crippen LogP contribution in [-0.2, 0) is 13.2 Å². The van der Waals surface area contributed by atoms with Crippen LogP contribution in [0.15, 0.2) is 90.1 Å². The highest BCUT2D eigenvalue weighted by atomic mass is 35.5. The van der Waals surface area contributed by atoms with E-state index < -0.39 is 0 Å². The zero-order valence-corrected chi connectivity index (χ0v) is 21.4. The Hall–Kier alpha value is -3.27. The molecular formula is C30H28Cl2N2O. The molecule has 5 heteroatoms. The van der Waals surface area contributed by atoms with Crippen LogP contribution in [0.1, 0.15) is 36.5 Å². The Morgan fingerprint density at radius 3 is 2.51 bits per heavy atom. The second-order valence-electron chi connectivity index (χ2n) is 8.06. The van der Waals surface area contributed by atoms with E-state index in [-0.39, 0.29) is 0 Å². The predicted molar refractivity (Wildman–Crippen MR) is 150 cm³/mol. The van der Waals surface area contributed by atoms with Crippen molar-refractivity contribution in [1.29, 1.82) is 0 Å². The molecule has 3 aromatic carbocycles. The molecule has 178 valence electrons. The summed E-state index contributed by atoms with van der Waals surface area (Å²) in [4.78, 5) is 4.81. The van der Waals surface area contributed by atoms with Crippen molar-refractivity contribution in [2.45, 2.75) is 27.0 Å². The van der Waals surface area contributed by atoms with E-state index in [1.54, 1.807) is 6.08 Å². The fourth-order valence-electron chi connectivity index (χ4n) is 3.88. The molecule has 0 saturated heterocycles. The highest BCUT2D eigenvalue weighted by Crippen LogP contribution is 2.27. The lowest BCUT2D eigenvalue weighted by Crippen LogP contribution is -1.95. The normalized spacial score (nSPS) is 12.6. The van der Waals surface area contributed by atoms with Crippen molar-refractivity contribution in [3.8, 4) is 5.75 Å². The van der Waals surface area contributed by atoms with Crippen LogP contribution >= 0.6 is 23.2 Å². The SMILES string of the molecule is C/C=C(\C(Cl)=C/CCl)c1cn(CC)c(/C=C/c2ccc3cc(OCc4ccccc4)ccc3c2)n1. The van der Waals surface area contributed by atoms with Crippen molar-refractivity contribution >= 4 is 51.7 Å². The third kappa shape index (κ3) is 6.25. The molecule has 0 aliphatic heterocycles. The summed E-state index contributed by atoms with van der Waals surface area (Å²) in [6, 6.07) is 22.8. The van der Waals surface area contributed by atoms with Gasteiger partial charge in [-0.25, -0.2) is 4.98 Å². The molecule has 0 N–H and O–H groups in total. The summed E-state index contributed by atoms with van der Waals surface area (Å²) in [5.41, 5.74) is 3.97. The summed E-state index contributed by atoms with van der Waals surface area (Å²) >= 11 is 12.2. The number of benzene rings is 3. The zero-order chi connectivity index (χ0) is 24.6. The summed E-state index contributed by atoms with van der Waals surface area (Å²) in [5, 5.41) is 2.91. The quantitative estimate of drug-likeness (QED) is 0.169. The monoisotopic (exact) mass is 502 g/mol. The first-order valence-electron chi connectivity index (χ1n) is 11.7. The summed E-state index contributed by atoms with van der Waals surface area (Å²) in [7, 11) is 0. The number of aryl methyl sites for hydroxylation is 1. The van der Waals surface area contributed by atoms with Gasteiger partial charge in [-0.15, -0.1) is 11.6 Å². The summed E-state index contributed by atoms with van der Waals surface area (Å²) < 4.78 is 8.08. The van der Waals surface area contributed by atoms with Gasteiger partial charge in [0.15, 0.2) is 0 Å². The van der Waals surface area contributed by atoms with Crippen LogP contribution in [0.4, 0.5) is 0 Å². The molecular weight excluding hydrogens is 475 g/mol. The minimum absolute atomic E-state index is 0.361. The van der Waals surface area contributed by atoms with Gasteiger partial charge in [-0.3, -0.25) is 0 Å². The fraction of sp³-hybridized carbons (Fsp3) is 0.167. The van der Waals surface area contributed by atoms with Crippen molar-refractivity contribution in [2.24, 2.45) is 0 Å². The van der Waals surface area contributed by atoms with Gasteiger partial charge in [-0.1, -0.05) is 78.4 Å². The average molecular weight is 503 g/mol. The third-order valence-corrected chi connectivity index (χ3v) is 6.25. The first-order chi connectivity index (χ1) is 17.1. The molecule has 0 amide bonds. The van der Waals surface area contributed by atoms with E-state index in [4.69, 9.17) is 32.9 Å². The molecule has 0 spiro atoms. The lowest BCUT2D eigenvalue weighted by atomic mass is 10.1. The van der Waals surface area contributed by atoms with Crippen molar-refractivity contribution in [1.82, 2.24) is 9.55 Å². The van der Waals surface area contributed by atoms with Crippen LogP contribution in [0.3, 0.4) is 0 Å². The van der Waals surface area contributed by atoms with Crippen LogP contribution < -0.4 is 4.74 Å². The molecule has 4 rings (SSSR count). The number of hydrogen-bond donors (Lipinski definition) is 0. The molecule has 0 bridgehead atoms. The summed E-state index contributed by atoms with van der Waals surface area (Å²) in [6.07, 6.45) is 9.90. The smallest absolute Gasteiger partial charge is 0.133 e. The van der Waals surface area contributed by atoms with Gasteiger partial charge in [-0.05, 0) is 60.0 Å². The molecule has 1 aromatic heterocycles. The lowest BCUT2D eigenvalue weighted by molar-refractivity contribution is 0.306. The van der Waals surface area contributed by atoms with E-state index in [9.17, 15) is 0 Å². The molecule has 4 aromatic rings. The number of nitrogens with zero attached hydrogens (tertiary/aromatic N) is 2. The van der Waals surface area contributed by atoms with Gasteiger partial charge in [0.05, 0.1) is 5.69 Å². The summed E-state index contributed by atoms with van der Waals surface area (Å²) in [6.45, 7) is 5.42. The van der Waals surface area contributed by atoms with E-state index in [1.807, 2.05) is 49.5 Å². The first kappa shape index (κ1) is 24.8. The number of ether oxygens (including phenoxy) is 1. The van der Waals surface area contributed by atoms with Crippen LogP contribution in [0, 0.1) is 0 Å². The fourth-order valence-corrected chi connectivity index (χ4v) is 4.40. The molecule has 0 atom stereocenters. The maximum Gasteiger partial charge on any atom is 0.133 e. The molecule has 0 fully saturated rings. The first-order valence-corrected chi connectivity index (χ1v) is 12.6. The van der Waals surface area contributed by atoms with Crippen LogP contribution in [0.25, 0.3) is 28.5 Å². The number of allylic oxidation sites excluding steroid dienone is 4. The van der Waals surface area contributed by atoms with Gasteiger partial charge in [0.1, 0.15) is 18.2 Å². The molecule has 1 heterocycles. The molecule has 0 unspecified atom stereocenters. The topological polar surface area (TPSA) is 27.1 Å². The van der Waals surface area contributed by atoms with Crippen molar-refractivity contribution in [3.63, 3.8) is 0 Å². The Labute approximate surface area is 217 Å². The van der Waals surface area contributed by atoms with Gasteiger partial charge in [0.25, 0.3) is 0 Å². The minimum Gasteiger partial charge on any atom is -0.489 e. The Morgan fingerprint density at radius 2 is 1.77 bits per heavy atom. The molecule has 3 nitrogen and oxygen atoms in total. The van der Waals surface area contributed by atoms with Gasteiger partial charge in [0, 0.05) is 29.2 Å². The van der Waals surface area contributed by atoms with Crippen molar-refractivity contribution in [3.05, 3.63) is 113 Å². The molecule has 0 saturated carbocycles. The number of imidazole rings is 1. The van der Waals surface area contributed by atoms with E-state index in [2.05, 4.69) is 60.0 Å². The molecule has 0 aliphatic rings. The van der Waals surface area contributed by atoms with Gasteiger partial charge in [-0.2, -0.15) is 0 Å². The largest absolute Gasteiger partial charge is 0.489 e. The number of hydrogen-bond acceptors (Lipinski definition) is 2. The predicted octanol–water partition coefficient (Wildman–Crippen LogP) is 8.57. The molecule has 35 heavy (non-hydrogen) atoms.